The zero-order valence-electron chi connectivity index (χ0n) is 14.2. The van der Waals surface area contributed by atoms with Crippen LogP contribution in [-0.4, -0.2) is 43.9 Å². The maximum atomic E-state index is 12.8. The van der Waals surface area contributed by atoms with Crippen LogP contribution in [0.4, 0.5) is 18.3 Å². The summed E-state index contributed by atoms with van der Waals surface area (Å²) in [6, 6.07) is 5.17. The van der Waals surface area contributed by atoms with E-state index < -0.39 is 21.9 Å². The molecule has 10 heteroatoms. The molecule has 0 atom stereocenters. The average Bonchev–Trinajstić information content (AvgIpc) is 3.05. The van der Waals surface area contributed by atoms with Gasteiger partial charge in [-0.3, -0.25) is 0 Å². The summed E-state index contributed by atoms with van der Waals surface area (Å²) < 4.78 is 65.1. The molecule has 5 nitrogen and oxygen atoms in total. The van der Waals surface area contributed by atoms with Crippen LogP contribution in [0.5, 0.6) is 0 Å². The quantitative estimate of drug-likeness (QED) is 0.786. The molecule has 1 saturated heterocycles. The Morgan fingerprint density at radius 2 is 1.77 bits per heavy atom. The Hall–Kier alpha value is -1.65. The van der Waals surface area contributed by atoms with Gasteiger partial charge >= 0.3 is 6.18 Å². The van der Waals surface area contributed by atoms with Crippen molar-refractivity contribution in [2.45, 2.75) is 24.9 Å². The Morgan fingerprint density at radius 1 is 1.12 bits per heavy atom. The smallest absolute Gasteiger partial charge is 0.345 e. The normalized spacial score (nSPS) is 16.9. The largest absolute Gasteiger partial charge is 0.434 e. The van der Waals surface area contributed by atoms with E-state index in [9.17, 15) is 21.6 Å². The number of aromatic nitrogens is 1. The molecular weight excluding hydrogens is 387 g/mol. The summed E-state index contributed by atoms with van der Waals surface area (Å²) in [4.78, 5) is 5.58. The van der Waals surface area contributed by atoms with E-state index >= 15 is 0 Å². The number of rotatable bonds is 3. The maximum absolute atomic E-state index is 12.8. The monoisotopic (exact) mass is 405 g/mol. The van der Waals surface area contributed by atoms with Gasteiger partial charge in [-0.2, -0.15) is 17.5 Å². The lowest BCUT2D eigenvalue weighted by Gasteiger charge is -2.34. The number of hydrogen-bond acceptors (Lipinski definition) is 5. The van der Waals surface area contributed by atoms with E-state index in [0.29, 0.717) is 18.7 Å². The van der Waals surface area contributed by atoms with Crippen molar-refractivity contribution >= 4 is 26.5 Å². The highest BCUT2D eigenvalue weighted by Crippen LogP contribution is 2.33. The summed E-state index contributed by atoms with van der Waals surface area (Å²) in [7, 11) is -3.62. The minimum absolute atomic E-state index is 0.205. The van der Waals surface area contributed by atoms with E-state index in [0.717, 1.165) is 22.3 Å². The highest BCUT2D eigenvalue weighted by Gasteiger charge is 2.35. The second-order valence-electron chi connectivity index (χ2n) is 6.17. The summed E-state index contributed by atoms with van der Waals surface area (Å²) >= 11 is 0.919. The van der Waals surface area contributed by atoms with Crippen LogP contribution in [-0.2, 0) is 16.2 Å². The number of halogens is 3. The number of anilines is 1. The molecule has 0 N–H and O–H groups in total. The Balaban J connectivity index is 1.73. The van der Waals surface area contributed by atoms with Crippen LogP contribution in [0.25, 0.3) is 0 Å². The first kappa shape index (κ1) is 19.1. The molecule has 26 heavy (non-hydrogen) atoms. The molecule has 0 bridgehead atoms. The summed E-state index contributed by atoms with van der Waals surface area (Å²) in [5, 5.41) is 1.24. The minimum atomic E-state index is -4.47. The molecule has 0 saturated carbocycles. The molecule has 1 aliphatic rings. The van der Waals surface area contributed by atoms with Gasteiger partial charge in [-0.05, 0) is 25.5 Å². The van der Waals surface area contributed by atoms with E-state index in [1.54, 1.807) is 24.0 Å². The Morgan fingerprint density at radius 3 is 2.31 bits per heavy atom. The van der Waals surface area contributed by atoms with Crippen molar-refractivity contribution in [3.63, 3.8) is 0 Å². The van der Waals surface area contributed by atoms with E-state index in [-0.39, 0.29) is 23.1 Å². The summed E-state index contributed by atoms with van der Waals surface area (Å²) in [6.07, 6.45) is -4.47. The van der Waals surface area contributed by atoms with Gasteiger partial charge in [0.05, 0.1) is 4.90 Å². The number of aryl methyl sites for hydroxylation is 2. The fraction of sp³-hybridized carbons (Fsp3) is 0.438. The number of hydrogen-bond donors (Lipinski definition) is 0. The number of alkyl halides is 3. The Labute approximate surface area is 154 Å². The van der Waals surface area contributed by atoms with Crippen LogP contribution in [0.2, 0.25) is 0 Å². The molecular formula is C16H18F3N3O2S2. The van der Waals surface area contributed by atoms with Crippen molar-refractivity contribution in [2.24, 2.45) is 0 Å². The first-order chi connectivity index (χ1) is 12.1. The molecule has 142 valence electrons. The SMILES string of the molecule is Cc1ccc(S(=O)(=O)N2CCN(c3nc(C(F)(F)F)cs3)CC2)c(C)c1. The predicted octanol–water partition coefficient (Wildman–Crippen LogP) is 3.29. The molecule has 2 heterocycles. The standard InChI is InChI=1S/C16H18F3N3O2S2/c1-11-3-4-13(12(2)9-11)26(23,24)22-7-5-21(6-8-22)15-20-14(10-25-15)16(17,18)19/h3-4,9-10H,5-8H2,1-2H3. The fourth-order valence-electron chi connectivity index (χ4n) is 2.89. The molecule has 1 aliphatic heterocycles. The summed E-state index contributed by atoms with van der Waals surface area (Å²) in [5.41, 5.74) is 0.750. The molecule has 0 radical (unpaired) electrons. The third kappa shape index (κ3) is 3.72. The highest BCUT2D eigenvalue weighted by molar-refractivity contribution is 7.89. The molecule has 0 spiro atoms. The molecule has 1 aromatic carbocycles. The van der Waals surface area contributed by atoms with Crippen LogP contribution in [0.1, 0.15) is 16.8 Å². The van der Waals surface area contributed by atoms with Crippen LogP contribution in [0.3, 0.4) is 0 Å². The Bertz CT molecular complexity index is 902. The minimum Gasteiger partial charge on any atom is -0.345 e. The van der Waals surface area contributed by atoms with E-state index in [4.69, 9.17) is 0 Å². The van der Waals surface area contributed by atoms with Gasteiger partial charge in [-0.15, -0.1) is 11.3 Å². The number of sulfonamides is 1. The molecule has 2 aromatic rings. The lowest BCUT2D eigenvalue weighted by Crippen LogP contribution is -2.48. The molecule has 1 fully saturated rings. The first-order valence-corrected chi connectivity index (χ1v) is 10.3. The van der Waals surface area contributed by atoms with Crippen LogP contribution in [0, 0.1) is 13.8 Å². The van der Waals surface area contributed by atoms with E-state index in [1.807, 2.05) is 13.0 Å². The number of benzene rings is 1. The van der Waals surface area contributed by atoms with Crippen molar-refractivity contribution < 1.29 is 21.6 Å². The molecule has 1 aromatic heterocycles. The topological polar surface area (TPSA) is 53.5 Å². The second-order valence-corrected chi connectivity index (χ2v) is 8.92. The van der Waals surface area contributed by atoms with Crippen molar-refractivity contribution in [2.75, 3.05) is 31.1 Å². The fourth-order valence-corrected chi connectivity index (χ4v) is 5.40. The third-order valence-corrected chi connectivity index (χ3v) is 7.20. The number of thiazole rings is 1. The molecule has 3 rings (SSSR count). The number of nitrogens with zero attached hydrogens (tertiary/aromatic N) is 3. The van der Waals surface area contributed by atoms with Crippen LogP contribution < -0.4 is 4.90 Å². The number of piperazine rings is 1. The lowest BCUT2D eigenvalue weighted by molar-refractivity contribution is -0.140. The highest BCUT2D eigenvalue weighted by atomic mass is 32.2. The first-order valence-electron chi connectivity index (χ1n) is 7.94. The lowest BCUT2D eigenvalue weighted by atomic mass is 10.2. The van der Waals surface area contributed by atoms with Gasteiger partial charge in [-0.1, -0.05) is 17.7 Å². The van der Waals surface area contributed by atoms with Crippen molar-refractivity contribution in [1.29, 1.82) is 0 Å². The zero-order chi connectivity index (χ0) is 19.1. The second kappa shape index (κ2) is 6.82. The van der Waals surface area contributed by atoms with Gasteiger partial charge in [0, 0.05) is 31.6 Å². The van der Waals surface area contributed by atoms with Gasteiger partial charge in [0.2, 0.25) is 10.0 Å². The van der Waals surface area contributed by atoms with Crippen molar-refractivity contribution in [1.82, 2.24) is 9.29 Å². The van der Waals surface area contributed by atoms with Gasteiger partial charge in [0.15, 0.2) is 10.8 Å². The molecule has 0 amide bonds. The average molecular weight is 405 g/mol. The van der Waals surface area contributed by atoms with E-state index in [2.05, 4.69) is 4.98 Å². The molecule has 0 unspecified atom stereocenters. The van der Waals surface area contributed by atoms with E-state index in [1.165, 1.54) is 4.31 Å². The van der Waals surface area contributed by atoms with Gasteiger partial charge in [-0.25, -0.2) is 13.4 Å². The van der Waals surface area contributed by atoms with Gasteiger partial charge < -0.3 is 4.90 Å². The predicted molar refractivity (Wildman–Crippen MR) is 94.0 cm³/mol. The molecule has 0 aliphatic carbocycles. The third-order valence-electron chi connectivity index (χ3n) is 4.24. The van der Waals surface area contributed by atoms with Gasteiger partial charge in [0.25, 0.3) is 0 Å². The van der Waals surface area contributed by atoms with Gasteiger partial charge in [0.1, 0.15) is 0 Å². The maximum Gasteiger partial charge on any atom is 0.434 e. The van der Waals surface area contributed by atoms with Crippen LogP contribution >= 0.6 is 11.3 Å². The zero-order valence-corrected chi connectivity index (χ0v) is 15.9. The van der Waals surface area contributed by atoms with Crippen molar-refractivity contribution in [3.8, 4) is 0 Å². The van der Waals surface area contributed by atoms with Crippen LogP contribution in [0.15, 0.2) is 28.5 Å². The summed E-state index contributed by atoms with van der Waals surface area (Å²) in [6.45, 7) is 4.66. The summed E-state index contributed by atoms with van der Waals surface area (Å²) in [5.74, 6) is 0. The Kier molecular flexibility index (Phi) is 5.02. The van der Waals surface area contributed by atoms with Crippen molar-refractivity contribution in [3.05, 3.63) is 40.4 Å².